The summed E-state index contributed by atoms with van der Waals surface area (Å²) in [7, 11) is 1.49. The summed E-state index contributed by atoms with van der Waals surface area (Å²) >= 11 is 0. The summed E-state index contributed by atoms with van der Waals surface area (Å²) in [6, 6.07) is 12.7. The number of H-pyrrole nitrogens is 1. The molecule has 0 atom stereocenters. The number of nitrogens with one attached hydrogen (secondary N) is 2. The number of hydrogen-bond donors (Lipinski definition) is 3. The van der Waals surface area contributed by atoms with Crippen molar-refractivity contribution in [1.82, 2.24) is 20.2 Å². The smallest absolute Gasteiger partial charge is 0.265 e. The summed E-state index contributed by atoms with van der Waals surface area (Å²) < 4.78 is 5.06. The topological polar surface area (TPSA) is 108 Å². The molecular weight excluding hydrogens is 320 g/mol. The van der Waals surface area contributed by atoms with Crippen molar-refractivity contribution in [3.05, 3.63) is 48.0 Å². The number of aromatic nitrogens is 4. The van der Waals surface area contributed by atoms with E-state index in [-0.39, 0.29) is 11.7 Å². The van der Waals surface area contributed by atoms with Crippen LogP contribution in [0.2, 0.25) is 0 Å². The molecule has 0 bridgehead atoms. The Bertz CT molecular complexity index is 1090. The van der Waals surface area contributed by atoms with Crippen molar-refractivity contribution in [3.8, 4) is 11.5 Å². The Kier molecular flexibility index (Phi) is 3.62. The molecule has 25 heavy (non-hydrogen) atoms. The number of anilines is 1. The van der Waals surface area contributed by atoms with Crippen LogP contribution in [-0.4, -0.2) is 38.6 Å². The van der Waals surface area contributed by atoms with Gasteiger partial charge in [0.2, 0.25) is 0 Å². The van der Waals surface area contributed by atoms with Crippen molar-refractivity contribution in [2.24, 2.45) is 5.10 Å². The number of fused-ring (bicyclic) bond motifs is 3. The van der Waals surface area contributed by atoms with Gasteiger partial charge in [-0.2, -0.15) is 10.1 Å². The molecule has 124 valence electrons. The predicted octanol–water partition coefficient (Wildman–Crippen LogP) is 2.67. The van der Waals surface area contributed by atoms with Gasteiger partial charge in [-0.25, -0.2) is 5.43 Å². The van der Waals surface area contributed by atoms with Gasteiger partial charge in [0.1, 0.15) is 5.52 Å². The molecule has 0 aliphatic rings. The van der Waals surface area contributed by atoms with Gasteiger partial charge in [0, 0.05) is 10.9 Å². The van der Waals surface area contributed by atoms with Gasteiger partial charge >= 0.3 is 0 Å². The number of methoxy groups -OCH3 is 1. The molecule has 0 spiro atoms. The minimum absolute atomic E-state index is 0.0735. The number of aromatic hydroxyl groups is 1. The SMILES string of the molecule is COc1cc(/C=N\Nc2nnc3c(n2)[nH]c2ccccc23)ccc1O. The molecule has 4 rings (SSSR count). The van der Waals surface area contributed by atoms with Gasteiger partial charge in [0.25, 0.3) is 5.95 Å². The second-order valence-corrected chi connectivity index (χ2v) is 5.30. The zero-order valence-electron chi connectivity index (χ0n) is 13.3. The van der Waals surface area contributed by atoms with E-state index >= 15 is 0 Å². The second kappa shape index (κ2) is 6.08. The normalized spacial score (nSPS) is 11.4. The summed E-state index contributed by atoms with van der Waals surface area (Å²) in [6.45, 7) is 0. The number of benzene rings is 2. The lowest BCUT2D eigenvalue weighted by Crippen LogP contribution is -1.99. The fourth-order valence-corrected chi connectivity index (χ4v) is 2.51. The molecule has 2 heterocycles. The van der Waals surface area contributed by atoms with Crippen molar-refractivity contribution in [2.45, 2.75) is 0 Å². The summed E-state index contributed by atoms with van der Waals surface area (Å²) in [4.78, 5) is 7.57. The molecule has 0 amide bonds. The molecule has 0 fully saturated rings. The fourth-order valence-electron chi connectivity index (χ4n) is 2.51. The lowest BCUT2D eigenvalue weighted by Gasteiger charge is -2.03. The molecule has 0 aliphatic heterocycles. The molecule has 0 saturated heterocycles. The third-order valence-corrected chi connectivity index (χ3v) is 3.70. The number of ether oxygens (including phenoxy) is 1. The van der Waals surface area contributed by atoms with Crippen LogP contribution in [0.4, 0.5) is 5.95 Å². The van der Waals surface area contributed by atoms with E-state index in [0.717, 1.165) is 16.5 Å². The van der Waals surface area contributed by atoms with Crippen molar-refractivity contribution in [3.63, 3.8) is 0 Å². The van der Waals surface area contributed by atoms with Crippen LogP contribution >= 0.6 is 0 Å². The van der Waals surface area contributed by atoms with Crippen LogP contribution in [0.5, 0.6) is 11.5 Å². The number of hydrazone groups is 1. The van der Waals surface area contributed by atoms with Gasteiger partial charge in [0.05, 0.1) is 13.3 Å². The highest BCUT2D eigenvalue weighted by Gasteiger charge is 2.08. The summed E-state index contributed by atoms with van der Waals surface area (Å²) in [5.74, 6) is 0.729. The van der Waals surface area contributed by atoms with Gasteiger partial charge in [-0.3, -0.25) is 0 Å². The Hall–Kier alpha value is -3.68. The Balaban J connectivity index is 1.57. The maximum absolute atomic E-state index is 9.58. The molecule has 0 radical (unpaired) electrons. The molecule has 0 aliphatic carbocycles. The number of phenols is 1. The first-order valence-electron chi connectivity index (χ1n) is 7.52. The van der Waals surface area contributed by atoms with Gasteiger partial charge in [-0.15, -0.1) is 10.2 Å². The van der Waals surface area contributed by atoms with E-state index in [1.807, 2.05) is 24.3 Å². The van der Waals surface area contributed by atoms with Gasteiger partial charge in [-0.05, 0) is 29.8 Å². The van der Waals surface area contributed by atoms with Crippen LogP contribution in [0.15, 0.2) is 47.6 Å². The Morgan fingerprint density at radius 2 is 2.08 bits per heavy atom. The minimum Gasteiger partial charge on any atom is -0.504 e. The Morgan fingerprint density at radius 1 is 1.20 bits per heavy atom. The first-order chi connectivity index (χ1) is 12.2. The number of phenolic OH excluding ortho intramolecular Hbond substituents is 1. The van der Waals surface area contributed by atoms with E-state index in [9.17, 15) is 5.11 Å². The van der Waals surface area contributed by atoms with Crippen molar-refractivity contribution in [1.29, 1.82) is 0 Å². The molecule has 4 aromatic rings. The summed E-state index contributed by atoms with van der Waals surface area (Å²) in [6.07, 6.45) is 1.57. The quantitative estimate of drug-likeness (QED) is 0.391. The number of hydrogen-bond acceptors (Lipinski definition) is 7. The molecule has 3 N–H and O–H groups in total. The van der Waals surface area contributed by atoms with Crippen LogP contribution in [0.3, 0.4) is 0 Å². The third-order valence-electron chi connectivity index (χ3n) is 3.70. The maximum atomic E-state index is 9.58. The summed E-state index contributed by atoms with van der Waals surface area (Å²) in [5, 5.41) is 22.9. The minimum atomic E-state index is 0.0735. The third kappa shape index (κ3) is 2.80. The molecule has 2 aromatic carbocycles. The van der Waals surface area contributed by atoms with Crippen LogP contribution in [0.25, 0.3) is 22.1 Å². The Labute approximate surface area is 142 Å². The monoisotopic (exact) mass is 334 g/mol. The molecule has 0 saturated carbocycles. The average Bonchev–Trinajstić information content (AvgIpc) is 3.01. The highest BCUT2D eigenvalue weighted by atomic mass is 16.5. The molecule has 2 aromatic heterocycles. The van der Waals surface area contributed by atoms with Crippen LogP contribution in [0, 0.1) is 0 Å². The van der Waals surface area contributed by atoms with Gasteiger partial charge in [0.15, 0.2) is 17.1 Å². The van der Waals surface area contributed by atoms with Crippen molar-refractivity contribution in [2.75, 3.05) is 12.5 Å². The highest BCUT2D eigenvalue weighted by molar-refractivity contribution is 6.03. The standard InChI is InChI=1S/C17H14N6O2/c1-25-14-8-10(6-7-13(14)24)9-18-22-17-20-16-15(21-23-17)11-4-2-3-5-12(11)19-16/h2-9,24H,1H3,(H2,19,20,22,23)/b18-9-. The lowest BCUT2D eigenvalue weighted by atomic mass is 10.2. The van der Waals surface area contributed by atoms with Crippen molar-refractivity contribution < 1.29 is 9.84 Å². The molecule has 0 unspecified atom stereocenters. The van der Waals surface area contributed by atoms with Gasteiger partial charge in [-0.1, -0.05) is 18.2 Å². The van der Waals surface area contributed by atoms with E-state index in [4.69, 9.17) is 4.74 Å². The van der Waals surface area contributed by atoms with Crippen molar-refractivity contribution >= 4 is 34.2 Å². The van der Waals surface area contributed by atoms with Gasteiger partial charge < -0.3 is 14.8 Å². The molecule has 8 nitrogen and oxygen atoms in total. The highest BCUT2D eigenvalue weighted by Crippen LogP contribution is 2.25. The van der Waals surface area contributed by atoms with Crippen LogP contribution in [-0.2, 0) is 0 Å². The number of rotatable bonds is 4. The zero-order valence-corrected chi connectivity index (χ0v) is 13.3. The largest absolute Gasteiger partial charge is 0.504 e. The number of aromatic amines is 1. The Morgan fingerprint density at radius 3 is 2.96 bits per heavy atom. The maximum Gasteiger partial charge on any atom is 0.265 e. The van der Waals surface area contributed by atoms with Crippen LogP contribution in [0.1, 0.15) is 5.56 Å². The summed E-state index contributed by atoms with van der Waals surface area (Å²) in [5.41, 5.74) is 5.80. The number of para-hydroxylation sites is 1. The van der Waals surface area contributed by atoms with E-state index in [2.05, 4.69) is 30.7 Å². The van der Waals surface area contributed by atoms with Crippen LogP contribution < -0.4 is 10.2 Å². The predicted molar refractivity (Wildman–Crippen MR) is 95.1 cm³/mol. The lowest BCUT2D eigenvalue weighted by molar-refractivity contribution is 0.373. The average molecular weight is 334 g/mol. The van der Waals surface area contributed by atoms with E-state index in [0.29, 0.717) is 16.9 Å². The second-order valence-electron chi connectivity index (χ2n) is 5.30. The zero-order chi connectivity index (χ0) is 17.2. The number of nitrogens with zero attached hydrogens (tertiary/aromatic N) is 4. The first-order valence-corrected chi connectivity index (χ1v) is 7.52. The molecule has 8 heteroatoms. The fraction of sp³-hybridized carbons (Fsp3) is 0.0588. The first kappa shape index (κ1) is 14.9. The van der Waals surface area contributed by atoms with E-state index in [1.165, 1.54) is 13.2 Å². The molecular formula is C17H14N6O2. The van der Waals surface area contributed by atoms with E-state index in [1.54, 1.807) is 18.3 Å². The van der Waals surface area contributed by atoms with E-state index < -0.39 is 0 Å².